The van der Waals surface area contributed by atoms with E-state index in [2.05, 4.69) is 17.5 Å². The molecule has 1 saturated carbocycles. The zero-order valence-electron chi connectivity index (χ0n) is 11.4. The van der Waals surface area contributed by atoms with E-state index in [1.165, 1.54) is 0 Å². The summed E-state index contributed by atoms with van der Waals surface area (Å²) >= 11 is 0. The second kappa shape index (κ2) is 5.29. The average Bonchev–Trinajstić information content (AvgIpc) is 3.03. The molecular weight excluding hydrogens is 252 g/mol. The topological polar surface area (TPSA) is 64.3 Å². The Bertz CT molecular complexity index is 514. The van der Waals surface area contributed by atoms with Crippen LogP contribution in [0.5, 0.6) is 0 Å². The van der Waals surface area contributed by atoms with Crippen LogP contribution in [0.2, 0.25) is 0 Å². The Morgan fingerprint density at radius 3 is 2.85 bits per heavy atom. The van der Waals surface area contributed by atoms with Crippen LogP contribution in [0.4, 0.5) is 4.79 Å². The first-order chi connectivity index (χ1) is 9.71. The number of carbonyl (C=O) groups is 1. The molecular formula is C16H20N2O2. The van der Waals surface area contributed by atoms with Crippen molar-refractivity contribution in [2.24, 2.45) is 17.6 Å². The second-order valence-electron chi connectivity index (χ2n) is 5.77. The molecule has 3 unspecified atom stereocenters. The minimum Gasteiger partial charge on any atom is -0.445 e. The number of rotatable bonds is 4. The third-order valence-electron chi connectivity index (χ3n) is 4.36. The maximum absolute atomic E-state index is 12.0. The first kappa shape index (κ1) is 13.2. The Hall–Kier alpha value is -1.81. The lowest BCUT2D eigenvalue weighted by Crippen LogP contribution is -2.45. The van der Waals surface area contributed by atoms with Crippen molar-refractivity contribution in [2.75, 3.05) is 6.54 Å². The van der Waals surface area contributed by atoms with Crippen molar-refractivity contribution in [3.05, 3.63) is 48.0 Å². The Morgan fingerprint density at radius 2 is 2.15 bits per heavy atom. The van der Waals surface area contributed by atoms with Crippen LogP contribution in [0.1, 0.15) is 18.4 Å². The lowest BCUT2D eigenvalue weighted by Gasteiger charge is -2.26. The first-order valence-electron chi connectivity index (χ1n) is 7.09. The van der Waals surface area contributed by atoms with Crippen LogP contribution in [0.3, 0.4) is 0 Å². The van der Waals surface area contributed by atoms with Gasteiger partial charge < -0.3 is 15.8 Å². The first-order valence-corrected chi connectivity index (χ1v) is 7.09. The van der Waals surface area contributed by atoms with Gasteiger partial charge in [0.15, 0.2) is 0 Å². The van der Waals surface area contributed by atoms with Crippen molar-refractivity contribution < 1.29 is 9.53 Å². The van der Waals surface area contributed by atoms with Crippen LogP contribution in [-0.4, -0.2) is 18.2 Å². The van der Waals surface area contributed by atoms with Gasteiger partial charge in [-0.25, -0.2) is 4.79 Å². The van der Waals surface area contributed by atoms with E-state index < -0.39 is 0 Å². The minimum absolute atomic E-state index is 0.234. The number of benzene rings is 1. The van der Waals surface area contributed by atoms with Gasteiger partial charge in [0.1, 0.15) is 6.61 Å². The van der Waals surface area contributed by atoms with Crippen LogP contribution in [0.25, 0.3) is 0 Å². The molecule has 2 aliphatic rings. The summed E-state index contributed by atoms with van der Waals surface area (Å²) in [5.41, 5.74) is 6.53. The third-order valence-corrected chi connectivity index (χ3v) is 4.36. The van der Waals surface area contributed by atoms with Crippen LogP contribution in [0.15, 0.2) is 42.5 Å². The van der Waals surface area contributed by atoms with Gasteiger partial charge in [0, 0.05) is 0 Å². The molecule has 1 fully saturated rings. The molecule has 0 spiro atoms. The number of ether oxygens (including phenoxy) is 1. The van der Waals surface area contributed by atoms with E-state index in [-0.39, 0.29) is 11.6 Å². The molecule has 0 heterocycles. The molecule has 1 amide bonds. The van der Waals surface area contributed by atoms with Gasteiger partial charge >= 0.3 is 6.09 Å². The quantitative estimate of drug-likeness (QED) is 0.826. The number of hydrogen-bond donors (Lipinski definition) is 2. The third kappa shape index (κ3) is 2.56. The summed E-state index contributed by atoms with van der Waals surface area (Å²) in [6, 6.07) is 9.69. The highest BCUT2D eigenvalue weighted by atomic mass is 16.5. The molecule has 2 aliphatic carbocycles. The van der Waals surface area contributed by atoms with E-state index in [1.807, 2.05) is 30.3 Å². The van der Waals surface area contributed by atoms with Crippen molar-refractivity contribution in [3.8, 4) is 0 Å². The SMILES string of the molecule is NCC1CC2(NC(=O)OCc3ccccc3)C=CC1C2. The lowest BCUT2D eigenvalue weighted by molar-refractivity contribution is 0.131. The van der Waals surface area contributed by atoms with Crippen molar-refractivity contribution in [2.45, 2.75) is 25.0 Å². The van der Waals surface area contributed by atoms with Gasteiger partial charge in [-0.3, -0.25) is 0 Å². The molecule has 4 heteroatoms. The molecule has 2 bridgehead atoms. The van der Waals surface area contributed by atoms with Crippen LogP contribution in [-0.2, 0) is 11.3 Å². The number of allylic oxidation sites excluding steroid dienone is 1. The predicted octanol–water partition coefficient (Wildman–Crippen LogP) is 2.21. The minimum atomic E-state index is -0.350. The van der Waals surface area contributed by atoms with E-state index in [9.17, 15) is 4.79 Å². The number of nitrogens with one attached hydrogen (secondary N) is 1. The molecule has 0 aromatic heterocycles. The largest absolute Gasteiger partial charge is 0.445 e. The average molecular weight is 272 g/mol. The Balaban J connectivity index is 1.54. The van der Waals surface area contributed by atoms with E-state index in [0.29, 0.717) is 25.0 Å². The second-order valence-corrected chi connectivity index (χ2v) is 5.77. The van der Waals surface area contributed by atoms with E-state index >= 15 is 0 Å². The van der Waals surface area contributed by atoms with Crippen LogP contribution >= 0.6 is 0 Å². The van der Waals surface area contributed by atoms with Gasteiger partial charge in [-0.05, 0) is 36.8 Å². The summed E-state index contributed by atoms with van der Waals surface area (Å²) in [7, 11) is 0. The van der Waals surface area contributed by atoms with Gasteiger partial charge in [0.05, 0.1) is 5.54 Å². The maximum atomic E-state index is 12.0. The summed E-state index contributed by atoms with van der Waals surface area (Å²) in [5, 5.41) is 3.01. The summed E-state index contributed by atoms with van der Waals surface area (Å²) in [6.45, 7) is 0.980. The summed E-state index contributed by atoms with van der Waals surface area (Å²) in [6.07, 6.45) is 5.81. The molecule has 3 rings (SSSR count). The number of hydrogen-bond acceptors (Lipinski definition) is 3. The molecule has 1 aromatic carbocycles. The normalized spacial score (nSPS) is 30.4. The van der Waals surface area contributed by atoms with E-state index in [1.54, 1.807) is 0 Å². The molecule has 0 radical (unpaired) electrons. The fourth-order valence-corrected chi connectivity index (χ4v) is 3.32. The van der Waals surface area contributed by atoms with Gasteiger partial charge in [-0.2, -0.15) is 0 Å². The Morgan fingerprint density at radius 1 is 1.35 bits per heavy atom. The fraction of sp³-hybridized carbons (Fsp3) is 0.438. The Kier molecular flexibility index (Phi) is 3.49. The Labute approximate surface area is 119 Å². The molecule has 0 saturated heterocycles. The van der Waals surface area contributed by atoms with Crippen molar-refractivity contribution in [1.29, 1.82) is 0 Å². The highest BCUT2D eigenvalue weighted by molar-refractivity contribution is 5.69. The number of carbonyl (C=O) groups excluding carboxylic acids is 1. The predicted molar refractivity (Wildman–Crippen MR) is 76.9 cm³/mol. The van der Waals surface area contributed by atoms with E-state index in [4.69, 9.17) is 10.5 Å². The molecule has 20 heavy (non-hydrogen) atoms. The van der Waals surface area contributed by atoms with Crippen molar-refractivity contribution in [1.82, 2.24) is 5.32 Å². The zero-order chi connectivity index (χ0) is 14.0. The fourth-order valence-electron chi connectivity index (χ4n) is 3.32. The molecule has 1 aromatic rings. The van der Waals surface area contributed by atoms with E-state index in [0.717, 1.165) is 18.4 Å². The van der Waals surface area contributed by atoms with Crippen molar-refractivity contribution in [3.63, 3.8) is 0 Å². The summed E-state index contributed by atoms with van der Waals surface area (Å²) in [4.78, 5) is 12.0. The van der Waals surface area contributed by atoms with Gasteiger partial charge in [0.25, 0.3) is 0 Å². The number of fused-ring (bicyclic) bond motifs is 2. The van der Waals surface area contributed by atoms with Gasteiger partial charge in [-0.15, -0.1) is 0 Å². The molecule has 0 aliphatic heterocycles. The van der Waals surface area contributed by atoms with Gasteiger partial charge in [0.2, 0.25) is 0 Å². The number of nitrogens with two attached hydrogens (primary N) is 1. The maximum Gasteiger partial charge on any atom is 0.408 e. The molecule has 4 nitrogen and oxygen atoms in total. The zero-order valence-corrected chi connectivity index (χ0v) is 11.4. The molecule has 3 N–H and O–H groups in total. The smallest absolute Gasteiger partial charge is 0.408 e. The summed E-state index contributed by atoms with van der Waals surface area (Å²) in [5.74, 6) is 0.990. The lowest BCUT2D eigenvalue weighted by atomic mass is 9.91. The highest BCUT2D eigenvalue weighted by Gasteiger charge is 2.47. The summed E-state index contributed by atoms with van der Waals surface area (Å²) < 4.78 is 5.29. The van der Waals surface area contributed by atoms with Gasteiger partial charge in [-0.1, -0.05) is 42.5 Å². The highest BCUT2D eigenvalue weighted by Crippen LogP contribution is 2.45. The molecule has 106 valence electrons. The van der Waals surface area contributed by atoms with Crippen molar-refractivity contribution >= 4 is 6.09 Å². The van der Waals surface area contributed by atoms with Crippen LogP contribution in [0, 0.1) is 11.8 Å². The standard InChI is InChI=1S/C16H20N2O2/c17-10-14-9-16(7-6-13(14)8-16)18-15(19)20-11-12-4-2-1-3-5-12/h1-7,13-14H,8-11,17H2,(H,18,19). The monoisotopic (exact) mass is 272 g/mol. The molecule has 3 atom stereocenters. The van der Waals surface area contributed by atoms with Crippen LogP contribution < -0.4 is 11.1 Å². The number of alkyl carbamates (subject to hydrolysis) is 1. The number of amides is 1.